The van der Waals surface area contributed by atoms with Gasteiger partial charge in [-0.15, -0.1) is 11.3 Å². The summed E-state index contributed by atoms with van der Waals surface area (Å²) in [5.74, 6) is 0.0709. The molecule has 0 saturated carbocycles. The first kappa shape index (κ1) is 18.3. The third kappa shape index (κ3) is 4.19. The van der Waals surface area contributed by atoms with Crippen molar-refractivity contribution in [1.29, 1.82) is 0 Å². The number of rotatable bonds is 4. The summed E-state index contributed by atoms with van der Waals surface area (Å²) in [5.41, 5.74) is 1.90. The van der Waals surface area contributed by atoms with Gasteiger partial charge >= 0.3 is 6.09 Å². The van der Waals surface area contributed by atoms with E-state index in [2.05, 4.69) is 9.97 Å². The van der Waals surface area contributed by atoms with Crippen molar-refractivity contribution in [3.05, 3.63) is 35.1 Å². The summed E-state index contributed by atoms with van der Waals surface area (Å²) in [6.45, 7) is 6.17. The Hall–Kier alpha value is -2.48. The summed E-state index contributed by atoms with van der Waals surface area (Å²) >= 11 is 1.55. The molecule has 8 heteroatoms. The zero-order valence-electron chi connectivity index (χ0n) is 15.0. The molecule has 2 amide bonds. The third-order valence-corrected chi connectivity index (χ3v) is 5.50. The third-order valence-electron chi connectivity index (χ3n) is 4.29. The van der Waals surface area contributed by atoms with Gasteiger partial charge in [-0.25, -0.2) is 9.78 Å². The molecule has 2 aromatic rings. The van der Waals surface area contributed by atoms with Crippen molar-refractivity contribution in [2.45, 2.75) is 20.3 Å². The molecule has 1 aliphatic heterocycles. The number of piperazine rings is 1. The molecule has 3 rings (SSSR count). The highest BCUT2D eigenvalue weighted by Crippen LogP contribution is 2.28. The average Bonchev–Trinajstić information content (AvgIpc) is 3.03. The van der Waals surface area contributed by atoms with Gasteiger partial charge < -0.3 is 14.5 Å². The smallest absolute Gasteiger partial charge is 0.409 e. The van der Waals surface area contributed by atoms with E-state index in [9.17, 15) is 9.59 Å². The second kappa shape index (κ2) is 8.27. The lowest BCUT2D eigenvalue weighted by Crippen LogP contribution is -2.51. The molecule has 0 spiro atoms. The molecule has 1 saturated heterocycles. The lowest BCUT2D eigenvalue weighted by atomic mass is 10.2. The fourth-order valence-corrected chi connectivity index (χ4v) is 3.87. The Bertz CT molecular complexity index is 770. The molecule has 138 valence electrons. The monoisotopic (exact) mass is 374 g/mol. The summed E-state index contributed by atoms with van der Waals surface area (Å²) in [7, 11) is 0. The van der Waals surface area contributed by atoms with Crippen molar-refractivity contribution in [2.75, 3.05) is 32.8 Å². The molecule has 0 bridgehead atoms. The second-order valence-corrected chi connectivity index (χ2v) is 7.09. The van der Waals surface area contributed by atoms with Crippen LogP contribution < -0.4 is 0 Å². The van der Waals surface area contributed by atoms with Gasteiger partial charge in [0.15, 0.2) is 0 Å². The fourth-order valence-electron chi connectivity index (χ4n) is 2.81. The van der Waals surface area contributed by atoms with Crippen LogP contribution in [0.4, 0.5) is 4.79 Å². The van der Waals surface area contributed by atoms with E-state index in [4.69, 9.17) is 4.74 Å². The minimum Gasteiger partial charge on any atom is -0.450 e. The molecule has 0 aromatic carbocycles. The number of amides is 2. The molecule has 7 nitrogen and oxygen atoms in total. The van der Waals surface area contributed by atoms with E-state index in [-0.39, 0.29) is 12.0 Å². The van der Waals surface area contributed by atoms with Gasteiger partial charge in [0, 0.05) is 49.0 Å². The Morgan fingerprint density at radius 3 is 2.46 bits per heavy atom. The van der Waals surface area contributed by atoms with Crippen LogP contribution in [0.15, 0.2) is 24.5 Å². The molecule has 1 aliphatic rings. The quantitative estimate of drug-likeness (QED) is 0.821. The van der Waals surface area contributed by atoms with E-state index in [1.54, 1.807) is 40.5 Å². The summed E-state index contributed by atoms with van der Waals surface area (Å²) in [4.78, 5) is 37.4. The maximum absolute atomic E-state index is 12.6. The molecule has 0 N–H and O–H groups in total. The van der Waals surface area contributed by atoms with Crippen LogP contribution in [0.25, 0.3) is 10.6 Å². The Morgan fingerprint density at radius 2 is 1.81 bits per heavy atom. The highest BCUT2D eigenvalue weighted by atomic mass is 32.1. The minimum absolute atomic E-state index is 0.0709. The number of carbonyl (C=O) groups excluding carboxylic acids is 2. The van der Waals surface area contributed by atoms with Crippen molar-refractivity contribution in [3.8, 4) is 10.6 Å². The number of aryl methyl sites for hydroxylation is 1. The zero-order chi connectivity index (χ0) is 18.5. The second-order valence-electron chi connectivity index (χ2n) is 6.01. The largest absolute Gasteiger partial charge is 0.450 e. The number of thiazole rings is 1. The normalized spacial score (nSPS) is 14.4. The highest BCUT2D eigenvalue weighted by molar-refractivity contribution is 7.15. The van der Waals surface area contributed by atoms with Crippen LogP contribution in [-0.4, -0.2) is 64.6 Å². The van der Waals surface area contributed by atoms with Gasteiger partial charge in [-0.1, -0.05) is 0 Å². The van der Waals surface area contributed by atoms with Gasteiger partial charge in [-0.05, 0) is 26.0 Å². The van der Waals surface area contributed by atoms with E-state index >= 15 is 0 Å². The summed E-state index contributed by atoms with van der Waals surface area (Å²) in [6.07, 6.45) is 3.51. The Kier molecular flexibility index (Phi) is 5.82. The predicted molar refractivity (Wildman–Crippen MR) is 99.0 cm³/mol. The van der Waals surface area contributed by atoms with Crippen LogP contribution in [0, 0.1) is 6.92 Å². The molecule has 3 heterocycles. The van der Waals surface area contributed by atoms with Crippen molar-refractivity contribution in [1.82, 2.24) is 19.8 Å². The Balaban J connectivity index is 1.59. The SMILES string of the molecule is CCOC(=O)N1CCN(C(=O)Cc2sc(-c3ccncc3)nc2C)CC1. The predicted octanol–water partition coefficient (Wildman–Crippen LogP) is 2.36. The molecular formula is C18H22N4O3S. The van der Waals surface area contributed by atoms with Gasteiger partial charge in [0.1, 0.15) is 5.01 Å². The lowest BCUT2D eigenvalue weighted by molar-refractivity contribution is -0.132. The molecule has 0 aliphatic carbocycles. The van der Waals surface area contributed by atoms with Crippen LogP contribution in [0.1, 0.15) is 17.5 Å². The zero-order valence-corrected chi connectivity index (χ0v) is 15.8. The first-order valence-corrected chi connectivity index (χ1v) is 9.46. The first-order chi connectivity index (χ1) is 12.6. The van der Waals surface area contributed by atoms with Crippen molar-refractivity contribution in [3.63, 3.8) is 0 Å². The Morgan fingerprint density at radius 1 is 1.15 bits per heavy atom. The number of nitrogens with zero attached hydrogens (tertiary/aromatic N) is 4. The van der Waals surface area contributed by atoms with Crippen molar-refractivity contribution < 1.29 is 14.3 Å². The average molecular weight is 374 g/mol. The molecule has 0 atom stereocenters. The number of hydrogen-bond donors (Lipinski definition) is 0. The van der Waals surface area contributed by atoms with Crippen LogP contribution in [0.3, 0.4) is 0 Å². The Labute approximate surface area is 156 Å². The molecule has 1 fully saturated rings. The van der Waals surface area contributed by atoms with Gasteiger partial charge in [0.25, 0.3) is 0 Å². The minimum atomic E-state index is -0.306. The molecular weight excluding hydrogens is 352 g/mol. The topological polar surface area (TPSA) is 75.6 Å². The summed E-state index contributed by atoms with van der Waals surface area (Å²) in [5, 5.41) is 0.903. The van der Waals surface area contributed by atoms with E-state index in [1.807, 2.05) is 19.1 Å². The van der Waals surface area contributed by atoms with E-state index in [0.717, 1.165) is 21.1 Å². The maximum atomic E-state index is 12.6. The van der Waals surface area contributed by atoms with Crippen molar-refractivity contribution in [2.24, 2.45) is 0 Å². The molecule has 0 unspecified atom stereocenters. The number of pyridine rings is 1. The van der Waals surface area contributed by atoms with Crippen LogP contribution >= 0.6 is 11.3 Å². The van der Waals surface area contributed by atoms with Gasteiger partial charge in [-0.3, -0.25) is 9.78 Å². The molecule has 2 aromatic heterocycles. The van der Waals surface area contributed by atoms with E-state index in [1.165, 1.54) is 0 Å². The highest BCUT2D eigenvalue weighted by Gasteiger charge is 2.25. The molecule has 0 radical (unpaired) electrons. The summed E-state index contributed by atoms with van der Waals surface area (Å²) < 4.78 is 5.01. The number of aromatic nitrogens is 2. The standard InChI is InChI=1S/C18H22N4O3S/c1-3-25-18(24)22-10-8-21(9-11-22)16(23)12-15-13(2)20-17(26-15)14-4-6-19-7-5-14/h4-7H,3,8-12H2,1-2H3. The van der Waals surface area contributed by atoms with Crippen LogP contribution in [0.5, 0.6) is 0 Å². The van der Waals surface area contributed by atoms with Gasteiger partial charge in [0.2, 0.25) is 5.91 Å². The van der Waals surface area contributed by atoms with Crippen molar-refractivity contribution >= 4 is 23.3 Å². The summed E-state index contributed by atoms with van der Waals surface area (Å²) in [6, 6.07) is 3.83. The van der Waals surface area contributed by atoms with E-state index in [0.29, 0.717) is 39.2 Å². The number of hydrogen-bond acceptors (Lipinski definition) is 6. The van der Waals surface area contributed by atoms with Gasteiger partial charge in [0.05, 0.1) is 18.7 Å². The number of carbonyl (C=O) groups is 2. The van der Waals surface area contributed by atoms with Crippen LogP contribution in [0.2, 0.25) is 0 Å². The number of ether oxygens (including phenoxy) is 1. The lowest BCUT2D eigenvalue weighted by Gasteiger charge is -2.34. The maximum Gasteiger partial charge on any atom is 0.409 e. The first-order valence-electron chi connectivity index (χ1n) is 8.64. The van der Waals surface area contributed by atoms with E-state index < -0.39 is 0 Å². The molecule has 26 heavy (non-hydrogen) atoms. The van der Waals surface area contributed by atoms with Crippen LogP contribution in [-0.2, 0) is 16.0 Å². The fraction of sp³-hybridized carbons (Fsp3) is 0.444. The van der Waals surface area contributed by atoms with Gasteiger partial charge in [-0.2, -0.15) is 0 Å².